The van der Waals surface area contributed by atoms with Gasteiger partial charge in [-0.25, -0.2) is 4.79 Å². The first kappa shape index (κ1) is 14.8. The second-order valence-electron chi connectivity index (χ2n) is 4.96. The van der Waals surface area contributed by atoms with E-state index in [1.54, 1.807) is 24.3 Å². The first-order chi connectivity index (χ1) is 9.69. The normalized spacial score (nSPS) is 19.6. The van der Waals surface area contributed by atoms with Gasteiger partial charge in [0.05, 0.1) is 18.8 Å². The second kappa shape index (κ2) is 7.26. The van der Waals surface area contributed by atoms with Gasteiger partial charge in [0.1, 0.15) is 12.4 Å². The van der Waals surface area contributed by atoms with Crippen LogP contribution in [0.3, 0.4) is 0 Å². The van der Waals surface area contributed by atoms with E-state index in [1.807, 2.05) is 0 Å². The molecule has 0 unspecified atom stereocenters. The predicted molar refractivity (Wildman–Crippen MR) is 75.0 cm³/mol. The summed E-state index contributed by atoms with van der Waals surface area (Å²) in [7, 11) is 1.36. The Labute approximate surface area is 119 Å². The maximum absolute atomic E-state index is 11.3. The van der Waals surface area contributed by atoms with E-state index in [0.717, 1.165) is 38.2 Å². The van der Waals surface area contributed by atoms with Crippen molar-refractivity contribution in [1.29, 1.82) is 0 Å². The molecule has 1 aromatic carbocycles. The van der Waals surface area contributed by atoms with Crippen molar-refractivity contribution in [1.82, 2.24) is 4.90 Å². The topological polar surface area (TPSA) is 59.0 Å². The van der Waals surface area contributed by atoms with Gasteiger partial charge < -0.3 is 14.6 Å². The van der Waals surface area contributed by atoms with Crippen LogP contribution in [0.25, 0.3) is 0 Å². The Morgan fingerprint density at radius 1 is 1.40 bits per heavy atom. The second-order valence-corrected chi connectivity index (χ2v) is 4.96. The Kier molecular flexibility index (Phi) is 5.38. The van der Waals surface area contributed by atoms with E-state index < -0.39 is 0 Å². The third-order valence-electron chi connectivity index (χ3n) is 3.43. The molecule has 1 saturated heterocycles. The number of benzene rings is 1. The molecular formula is C15H21NO4. The number of nitrogens with zero attached hydrogens (tertiary/aromatic N) is 1. The van der Waals surface area contributed by atoms with E-state index in [-0.39, 0.29) is 12.1 Å². The molecule has 110 valence electrons. The zero-order valence-corrected chi connectivity index (χ0v) is 11.7. The average molecular weight is 279 g/mol. The minimum absolute atomic E-state index is 0.205. The lowest BCUT2D eigenvalue weighted by molar-refractivity contribution is 0.0600. The molecule has 0 aliphatic carbocycles. The SMILES string of the molecule is COC(=O)c1ccc(OCCN2CCC[C@H](O)C2)cc1. The Balaban J connectivity index is 1.75. The van der Waals surface area contributed by atoms with Crippen molar-refractivity contribution in [2.45, 2.75) is 18.9 Å². The molecule has 0 aromatic heterocycles. The number of rotatable bonds is 5. The number of carbonyl (C=O) groups is 1. The summed E-state index contributed by atoms with van der Waals surface area (Å²) >= 11 is 0. The zero-order chi connectivity index (χ0) is 14.4. The fraction of sp³-hybridized carbons (Fsp3) is 0.533. The van der Waals surface area contributed by atoms with Crippen molar-refractivity contribution in [2.24, 2.45) is 0 Å². The van der Waals surface area contributed by atoms with Crippen LogP contribution in [0, 0.1) is 0 Å². The lowest BCUT2D eigenvalue weighted by Gasteiger charge is -2.29. The standard InChI is InChI=1S/C15H21NO4/c1-19-15(18)12-4-6-14(7-5-12)20-10-9-16-8-2-3-13(17)11-16/h4-7,13,17H,2-3,8-11H2,1H3/t13-/m0/s1. The first-order valence-electron chi connectivity index (χ1n) is 6.90. The number of hydrogen-bond donors (Lipinski definition) is 1. The summed E-state index contributed by atoms with van der Waals surface area (Å²) in [6.45, 7) is 3.12. The number of carbonyl (C=O) groups excluding carboxylic acids is 1. The highest BCUT2D eigenvalue weighted by atomic mass is 16.5. The monoisotopic (exact) mass is 279 g/mol. The number of likely N-dealkylation sites (tertiary alicyclic amines) is 1. The third kappa shape index (κ3) is 4.21. The molecule has 1 aliphatic rings. The van der Waals surface area contributed by atoms with Gasteiger partial charge in [-0.15, -0.1) is 0 Å². The smallest absolute Gasteiger partial charge is 0.337 e. The van der Waals surface area contributed by atoms with Crippen LogP contribution in [0.15, 0.2) is 24.3 Å². The Morgan fingerprint density at radius 3 is 2.80 bits per heavy atom. The minimum atomic E-state index is -0.348. The highest BCUT2D eigenvalue weighted by Gasteiger charge is 2.17. The number of hydrogen-bond acceptors (Lipinski definition) is 5. The van der Waals surface area contributed by atoms with Crippen molar-refractivity contribution in [3.8, 4) is 5.75 Å². The fourth-order valence-corrected chi connectivity index (χ4v) is 2.33. The van der Waals surface area contributed by atoms with E-state index in [1.165, 1.54) is 7.11 Å². The number of aliphatic hydroxyl groups is 1. The molecule has 1 aromatic rings. The van der Waals surface area contributed by atoms with Crippen molar-refractivity contribution < 1.29 is 19.4 Å². The van der Waals surface area contributed by atoms with Crippen LogP contribution < -0.4 is 4.74 Å². The summed E-state index contributed by atoms with van der Waals surface area (Å²) in [4.78, 5) is 13.5. The summed E-state index contributed by atoms with van der Waals surface area (Å²) in [6, 6.07) is 6.90. The number of β-amino-alcohol motifs (C(OH)–C–C–N with tert-alkyl or cyclic N) is 1. The molecule has 1 fully saturated rings. The maximum Gasteiger partial charge on any atom is 0.337 e. The largest absolute Gasteiger partial charge is 0.492 e. The molecule has 0 spiro atoms. The zero-order valence-electron chi connectivity index (χ0n) is 11.7. The summed E-state index contributed by atoms with van der Waals surface area (Å²) < 4.78 is 10.3. The molecule has 1 heterocycles. The van der Waals surface area contributed by atoms with Gasteiger partial charge in [-0.2, -0.15) is 0 Å². The summed E-state index contributed by atoms with van der Waals surface area (Å²) in [5.74, 6) is 0.383. The van der Waals surface area contributed by atoms with Crippen molar-refractivity contribution in [3.63, 3.8) is 0 Å². The van der Waals surface area contributed by atoms with Crippen LogP contribution >= 0.6 is 0 Å². The molecule has 0 saturated carbocycles. The number of piperidine rings is 1. The van der Waals surface area contributed by atoms with Crippen LogP contribution in [-0.2, 0) is 4.74 Å². The number of esters is 1. The molecule has 20 heavy (non-hydrogen) atoms. The van der Waals surface area contributed by atoms with Gasteiger partial charge in [-0.05, 0) is 43.7 Å². The number of ether oxygens (including phenoxy) is 2. The van der Waals surface area contributed by atoms with Gasteiger partial charge in [0, 0.05) is 13.1 Å². The molecule has 0 bridgehead atoms. The van der Waals surface area contributed by atoms with E-state index in [9.17, 15) is 9.90 Å². The van der Waals surface area contributed by atoms with E-state index in [0.29, 0.717) is 12.2 Å². The molecule has 0 radical (unpaired) electrons. The number of methoxy groups -OCH3 is 1. The van der Waals surface area contributed by atoms with Crippen LogP contribution in [0.2, 0.25) is 0 Å². The van der Waals surface area contributed by atoms with Gasteiger partial charge in [-0.3, -0.25) is 4.90 Å². The molecule has 5 nitrogen and oxygen atoms in total. The minimum Gasteiger partial charge on any atom is -0.492 e. The average Bonchev–Trinajstić information content (AvgIpc) is 2.47. The lowest BCUT2D eigenvalue weighted by Crippen LogP contribution is -2.40. The van der Waals surface area contributed by atoms with Crippen LogP contribution in [-0.4, -0.2) is 55.4 Å². The molecule has 0 amide bonds. The molecule has 5 heteroatoms. The Hall–Kier alpha value is -1.59. The Bertz CT molecular complexity index is 432. The Morgan fingerprint density at radius 2 is 2.15 bits per heavy atom. The van der Waals surface area contributed by atoms with Crippen molar-refractivity contribution in [3.05, 3.63) is 29.8 Å². The van der Waals surface area contributed by atoms with Gasteiger partial charge in [0.25, 0.3) is 0 Å². The molecule has 1 aliphatic heterocycles. The van der Waals surface area contributed by atoms with Gasteiger partial charge >= 0.3 is 5.97 Å². The van der Waals surface area contributed by atoms with Crippen LogP contribution in [0.1, 0.15) is 23.2 Å². The fourth-order valence-electron chi connectivity index (χ4n) is 2.33. The van der Waals surface area contributed by atoms with Gasteiger partial charge in [0.15, 0.2) is 0 Å². The quantitative estimate of drug-likeness (QED) is 0.824. The van der Waals surface area contributed by atoms with E-state index in [4.69, 9.17) is 4.74 Å². The summed E-state index contributed by atoms with van der Waals surface area (Å²) in [5.41, 5.74) is 0.513. The molecular weight excluding hydrogens is 258 g/mol. The van der Waals surface area contributed by atoms with Gasteiger partial charge in [-0.1, -0.05) is 0 Å². The third-order valence-corrected chi connectivity index (χ3v) is 3.43. The molecule has 2 rings (SSSR count). The molecule has 1 N–H and O–H groups in total. The summed E-state index contributed by atoms with van der Waals surface area (Å²) in [5, 5.41) is 9.58. The van der Waals surface area contributed by atoms with Crippen LogP contribution in [0.4, 0.5) is 0 Å². The number of aliphatic hydroxyl groups excluding tert-OH is 1. The predicted octanol–water partition coefficient (Wildman–Crippen LogP) is 1.31. The molecule has 1 atom stereocenters. The van der Waals surface area contributed by atoms with Crippen molar-refractivity contribution >= 4 is 5.97 Å². The van der Waals surface area contributed by atoms with E-state index in [2.05, 4.69) is 9.64 Å². The summed E-state index contributed by atoms with van der Waals surface area (Å²) in [6.07, 6.45) is 1.73. The highest BCUT2D eigenvalue weighted by Crippen LogP contribution is 2.14. The van der Waals surface area contributed by atoms with Crippen LogP contribution in [0.5, 0.6) is 5.75 Å². The van der Waals surface area contributed by atoms with Crippen molar-refractivity contribution in [2.75, 3.05) is 33.4 Å². The highest BCUT2D eigenvalue weighted by molar-refractivity contribution is 5.89. The maximum atomic E-state index is 11.3. The first-order valence-corrected chi connectivity index (χ1v) is 6.90. The van der Waals surface area contributed by atoms with E-state index >= 15 is 0 Å². The lowest BCUT2D eigenvalue weighted by atomic mass is 10.1. The van der Waals surface area contributed by atoms with Gasteiger partial charge in [0.2, 0.25) is 0 Å².